The van der Waals surface area contributed by atoms with Crippen LogP contribution in [0.25, 0.3) is 17.0 Å². The molecule has 2 aromatic carbocycles. The van der Waals surface area contributed by atoms with Gasteiger partial charge in [0.2, 0.25) is 0 Å². The molecule has 0 spiro atoms. The molecule has 1 fully saturated rings. The lowest BCUT2D eigenvalue weighted by atomic mass is 9.91. The predicted octanol–water partition coefficient (Wildman–Crippen LogP) is 4.92. The number of cyclic esters (lactones) is 1. The number of amides is 1. The molecule has 0 N–H and O–H groups in total. The van der Waals surface area contributed by atoms with E-state index in [-0.39, 0.29) is 12.1 Å². The lowest BCUT2D eigenvalue weighted by Crippen LogP contribution is -2.33. The Morgan fingerprint density at radius 3 is 2.43 bits per heavy atom. The topological polar surface area (TPSA) is 72.6 Å². The molecule has 0 aliphatic carbocycles. The van der Waals surface area contributed by atoms with E-state index in [1.807, 2.05) is 68.4 Å². The summed E-state index contributed by atoms with van der Waals surface area (Å²) >= 11 is 6.02. The van der Waals surface area contributed by atoms with Crippen LogP contribution in [0.1, 0.15) is 25.5 Å². The molecule has 150 valence electrons. The fraction of sp³-hybridized carbons (Fsp3) is 0.182. The minimum Gasteiger partial charge on any atom is -0.441 e. The fourth-order valence-electron chi connectivity index (χ4n) is 3.90. The molecule has 5 rings (SSSR count). The fourth-order valence-corrected chi connectivity index (χ4v) is 4.04. The van der Waals surface area contributed by atoms with Gasteiger partial charge in [-0.1, -0.05) is 41.9 Å². The average molecular weight is 420 g/mol. The van der Waals surface area contributed by atoms with Crippen LogP contribution in [-0.4, -0.2) is 31.5 Å². The quantitative estimate of drug-likeness (QED) is 0.471. The average Bonchev–Trinajstić information content (AvgIpc) is 3.25. The molecule has 1 aliphatic heterocycles. The molecule has 1 aliphatic rings. The molecule has 1 unspecified atom stereocenters. The van der Waals surface area contributed by atoms with Gasteiger partial charge in [-0.15, -0.1) is 10.2 Å². The zero-order valence-corrected chi connectivity index (χ0v) is 17.1. The van der Waals surface area contributed by atoms with Crippen molar-refractivity contribution in [1.29, 1.82) is 0 Å². The summed E-state index contributed by atoms with van der Waals surface area (Å²) in [5, 5.41) is 13.0. The number of carbonyl (C=O) groups excluding carboxylic acids is 1. The van der Waals surface area contributed by atoms with Gasteiger partial charge in [-0.3, -0.25) is 4.90 Å². The van der Waals surface area contributed by atoms with Crippen LogP contribution in [0.5, 0.6) is 0 Å². The second-order valence-corrected chi connectivity index (χ2v) is 8.04. The second kappa shape index (κ2) is 6.81. The molecule has 8 heteroatoms. The van der Waals surface area contributed by atoms with Gasteiger partial charge in [-0.05, 0) is 55.8 Å². The lowest BCUT2D eigenvalue weighted by Gasteiger charge is -2.29. The smallest absolute Gasteiger partial charge is 0.415 e. The maximum atomic E-state index is 12.8. The highest BCUT2D eigenvalue weighted by Gasteiger charge is 2.49. The molecule has 1 amide bonds. The number of anilines is 1. The van der Waals surface area contributed by atoms with E-state index in [9.17, 15) is 4.79 Å². The van der Waals surface area contributed by atoms with E-state index in [0.29, 0.717) is 16.6 Å². The van der Waals surface area contributed by atoms with Crippen LogP contribution in [0.15, 0.2) is 66.7 Å². The van der Waals surface area contributed by atoms with Crippen LogP contribution >= 0.6 is 11.6 Å². The summed E-state index contributed by atoms with van der Waals surface area (Å²) in [6.07, 6.45) is -0.372. The molecule has 1 saturated heterocycles. The van der Waals surface area contributed by atoms with Crippen LogP contribution < -0.4 is 4.90 Å². The van der Waals surface area contributed by atoms with Crippen molar-refractivity contribution >= 4 is 29.0 Å². The summed E-state index contributed by atoms with van der Waals surface area (Å²) in [5.41, 5.74) is 2.50. The number of benzene rings is 2. The Morgan fingerprint density at radius 1 is 0.967 bits per heavy atom. The number of rotatable bonds is 3. The molecule has 0 bridgehead atoms. The number of ether oxygens (including phenoxy) is 1. The van der Waals surface area contributed by atoms with Crippen LogP contribution in [0.3, 0.4) is 0 Å². The van der Waals surface area contributed by atoms with Crippen molar-refractivity contribution in [2.45, 2.75) is 25.5 Å². The van der Waals surface area contributed by atoms with Crippen molar-refractivity contribution in [2.75, 3.05) is 4.90 Å². The Balaban J connectivity index is 1.54. The van der Waals surface area contributed by atoms with E-state index in [2.05, 4.69) is 15.3 Å². The van der Waals surface area contributed by atoms with Gasteiger partial charge in [0.15, 0.2) is 11.5 Å². The van der Waals surface area contributed by atoms with E-state index < -0.39 is 5.60 Å². The first kappa shape index (κ1) is 18.6. The number of halogens is 1. The van der Waals surface area contributed by atoms with Gasteiger partial charge in [0.25, 0.3) is 0 Å². The Kier molecular flexibility index (Phi) is 4.22. The van der Waals surface area contributed by atoms with Gasteiger partial charge in [-0.2, -0.15) is 9.61 Å². The molecule has 1 atom stereocenters. The van der Waals surface area contributed by atoms with E-state index in [1.165, 1.54) is 0 Å². The van der Waals surface area contributed by atoms with Gasteiger partial charge < -0.3 is 4.74 Å². The van der Waals surface area contributed by atoms with Crippen molar-refractivity contribution in [3.8, 4) is 11.4 Å². The monoisotopic (exact) mass is 419 g/mol. The third kappa shape index (κ3) is 2.98. The standard InChI is InChI=1S/C22H18ClN5O2/c1-22(2)19(14-6-4-3-5-7-14)27(21(29)30-22)16-10-8-15(9-11-16)20-25-24-18-13-12-17(23)26-28(18)20/h3-13,19H,1-2H3. The van der Waals surface area contributed by atoms with Gasteiger partial charge in [0.05, 0.1) is 0 Å². The van der Waals surface area contributed by atoms with Gasteiger partial charge in [0, 0.05) is 11.3 Å². The molecule has 4 aromatic rings. The zero-order valence-electron chi connectivity index (χ0n) is 16.4. The SMILES string of the molecule is CC1(C)OC(=O)N(c2ccc(-c3nnc4ccc(Cl)nn34)cc2)C1c1ccccc1. The zero-order chi connectivity index (χ0) is 20.9. The summed E-state index contributed by atoms with van der Waals surface area (Å²) in [6, 6.07) is 20.6. The van der Waals surface area contributed by atoms with E-state index in [1.54, 1.807) is 21.5 Å². The van der Waals surface area contributed by atoms with E-state index >= 15 is 0 Å². The Labute approximate surface area is 177 Å². The Morgan fingerprint density at radius 2 is 1.70 bits per heavy atom. The van der Waals surface area contributed by atoms with Crippen LogP contribution in [0.2, 0.25) is 5.15 Å². The highest BCUT2D eigenvalue weighted by molar-refractivity contribution is 6.29. The van der Waals surface area contributed by atoms with Crippen LogP contribution in [0.4, 0.5) is 10.5 Å². The first-order valence-corrected chi connectivity index (χ1v) is 9.87. The Hall–Kier alpha value is -3.45. The minimum absolute atomic E-state index is 0.244. The number of nitrogens with zero attached hydrogens (tertiary/aromatic N) is 5. The van der Waals surface area contributed by atoms with E-state index in [0.717, 1.165) is 16.8 Å². The summed E-state index contributed by atoms with van der Waals surface area (Å²) < 4.78 is 7.29. The molecular weight excluding hydrogens is 402 g/mol. The third-order valence-electron chi connectivity index (χ3n) is 5.21. The van der Waals surface area contributed by atoms with Crippen molar-refractivity contribution in [2.24, 2.45) is 0 Å². The third-order valence-corrected chi connectivity index (χ3v) is 5.41. The summed E-state index contributed by atoms with van der Waals surface area (Å²) in [4.78, 5) is 14.4. The molecular formula is C22H18ClN5O2. The molecule has 2 aromatic heterocycles. The van der Waals surface area contributed by atoms with Gasteiger partial charge >= 0.3 is 6.09 Å². The van der Waals surface area contributed by atoms with Crippen molar-refractivity contribution < 1.29 is 9.53 Å². The Bertz CT molecular complexity index is 1240. The second-order valence-electron chi connectivity index (χ2n) is 7.65. The van der Waals surface area contributed by atoms with Gasteiger partial charge in [-0.25, -0.2) is 4.79 Å². The largest absolute Gasteiger partial charge is 0.441 e. The number of hydrogen-bond acceptors (Lipinski definition) is 5. The van der Waals surface area contributed by atoms with Crippen LogP contribution in [0, 0.1) is 0 Å². The van der Waals surface area contributed by atoms with Crippen molar-refractivity contribution in [1.82, 2.24) is 19.8 Å². The van der Waals surface area contributed by atoms with Gasteiger partial charge in [0.1, 0.15) is 16.8 Å². The highest BCUT2D eigenvalue weighted by Crippen LogP contribution is 2.43. The summed E-state index contributed by atoms with van der Waals surface area (Å²) in [5.74, 6) is 0.572. The summed E-state index contributed by atoms with van der Waals surface area (Å²) in [6.45, 7) is 3.85. The summed E-state index contributed by atoms with van der Waals surface area (Å²) in [7, 11) is 0. The normalized spacial score (nSPS) is 18.0. The van der Waals surface area contributed by atoms with E-state index in [4.69, 9.17) is 16.3 Å². The predicted molar refractivity (Wildman–Crippen MR) is 113 cm³/mol. The highest BCUT2D eigenvalue weighted by atomic mass is 35.5. The molecule has 0 saturated carbocycles. The molecule has 3 heterocycles. The minimum atomic E-state index is -0.666. The maximum absolute atomic E-state index is 12.8. The molecule has 30 heavy (non-hydrogen) atoms. The number of aromatic nitrogens is 4. The van der Waals surface area contributed by atoms with Crippen LogP contribution in [-0.2, 0) is 4.74 Å². The number of carbonyl (C=O) groups is 1. The number of hydrogen-bond donors (Lipinski definition) is 0. The maximum Gasteiger partial charge on any atom is 0.415 e. The first-order valence-electron chi connectivity index (χ1n) is 9.49. The van der Waals surface area contributed by atoms with Crippen molar-refractivity contribution in [3.63, 3.8) is 0 Å². The lowest BCUT2D eigenvalue weighted by molar-refractivity contribution is 0.0685. The first-order chi connectivity index (χ1) is 14.4. The van der Waals surface area contributed by atoms with Crippen molar-refractivity contribution in [3.05, 3.63) is 77.4 Å². The number of fused-ring (bicyclic) bond motifs is 1. The molecule has 0 radical (unpaired) electrons. The molecule has 7 nitrogen and oxygen atoms in total.